The molecule has 2 aromatic heterocycles. The number of nitrogens with one attached hydrogen (secondary N) is 1. The Morgan fingerprint density at radius 2 is 2.00 bits per heavy atom. The second kappa shape index (κ2) is 9.85. The average molecular weight is 578 g/mol. The Hall–Kier alpha value is -2.88. The Labute approximate surface area is 246 Å². The number of likely N-dealkylation sites (tertiary alicyclic amines) is 1. The van der Waals surface area contributed by atoms with E-state index in [9.17, 15) is 4.79 Å². The average Bonchev–Trinajstić information content (AvgIpc) is 3.49. The van der Waals surface area contributed by atoms with Crippen molar-refractivity contribution in [3.05, 3.63) is 41.2 Å². The number of anilines is 1. The number of H-pyrrole nitrogens is 1. The van der Waals surface area contributed by atoms with Crippen molar-refractivity contribution >= 4 is 34.2 Å². The van der Waals surface area contributed by atoms with Gasteiger partial charge in [-0.1, -0.05) is 18.2 Å². The zero-order valence-electron chi connectivity index (χ0n) is 24.4. The molecule has 0 atom stereocenters. The fourth-order valence-corrected chi connectivity index (χ4v) is 8.27. The number of aromatic nitrogens is 4. The molecule has 218 valence electrons. The molecule has 4 heterocycles. The van der Waals surface area contributed by atoms with E-state index in [4.69, 9.17) is 21.4 Å². The number of amides is 1. The number of aryl methyl sites for hydroxylation is 1. The zero-order valence-corrected chi connectivity index (χ0v) is 25.1. The first-order chi connectivity index (χ1) is 19.8. The van der Waals surface area contributed by atoms with Crippen LogP contribution in [0, 0.1) is 19.3 Å². The standard InChI is InChI=1S/C31H40ClN7O2/c1-5-25(40)37-17-30(18-37)14-22(15-30)39-21(3)26(27-23-16-33-34-24(23)13-20(2)28(27)32)29(35-39)38-10-9-36(11-12-41-4)19-31(38)7-6-8-31/h5,13,16,22H,1,6-12,14-15,17-19H2,2-4H3,(H,33,34). The number of hydrogen-bond acceptors (Lipinski definition) is 6. The van der Waals surface area contributed by atoms with Crippen LogP contribution in [0.1, 0.15) is 49.4 Å². The molecule has 9 nitrogen and oxygen atoms in total. The first kappa shape index (κ1) is 27.0. The molecule has 0 bridgehead atoms. The third-order valence-electron chi connectivity index (χ3n) is 10.4. The van der Waals surface area contributed by atoms with Crippen molar-refractivity contribution in [1.29, 1.82) is 0 Å². The summed E-state index contributed by atoms with van der Waals surface area (Å²) >= 11 is 7.15. The van der Waals surface area contributed by atoms with Gasteiger partial charge in [-0.3, -0.25) is 19.5 Å². The lowest BCUT2D eigenvalue weighted by Gasteiger charge is -2.59. The molecule has 3 aromatic rings. The second-order valence-corrected chi connectivity index (χ2v) is 13.3. The zero-order chi connectivity index (χ0) is 28.5. The molecule has 1 aromatic carbocycles. The molecule has 7 rings (SSSR count). The SMILES string of the molecule is C=CC(=O)N1CC2(CC(n3nc(N4CCN(CCOC)CC45CCC5)c(-c4c(Cl)c(C)cc5[nH]ncc45)c3C)C2)C1. The van der Waals surface area contributed by atoms with E-state index < -0.39 is 0 Å². The molecule has 2 spiro atoms. The summed E-state index contributed by atoms with van der Waals surface area (Å²) in [6.07, 6.45) is 8.98. The van der Waals surface area contributed by atoms with E-state index in [1.54, 1.807) is 7.11 Å². The van der Waals surface area contributed by atoms with Crippen LogP contribution in [0.25, 0.3) is 22.0 Å². The molecule has 0 unspecified atom stereocenters. The first-order valence-corrected chi connectivity index (χ1v) is 15.3. The number of halogens is 1. The van der Waals surface area contributed by atoms with E-state index in [1.165, 1.54) is 25.3 Å². The van der Waals surface area contributed by atoms with Crippen molar-refractivity contribution in [2.75, 3.05) is 57.9 Å². The number of ether oxygens (including phenoxy) is 1. The van der Waals surface area contributed by atoms with Crippen LogP contribution in [0.15, 0.2) is 24.9 Å². The van der Waals surface area contributed by atoms with Crippen molar-refractivity contribution in [3.63, 3.8) is 0 Å². The molecule has 41 heavy (non-hydrogen) atoms. The van der Waals surface area contributed by atoms with Crippen LogP contribution in [0.2, 0.25) is 5.02 Å². The molecular weight excluding hydrogens is 538 g/mol. The molecule has 2 saturated heterocycles. The van der Waals surface area contributed by atoms with Crippen molar-refractivity contribution in [2.45, 2.75) is 57.5 Å². The summed E-state index contributed by atoms with van der Waals surface area (Å²) in [6.45, 7) is 14.2. The Bertz CT molecular complexity index is 1510. The summed E-state index contributed by atoms with van der Waals surface area (Å²) < 4.78 is 7.69. The van der Waals surface area contributed by atoms with Crippen molar-refractivity contribution < 1.29 is 9.53 Å². The van der Waals surface area contributed by atoms with Gasteiger partial charge in [-0.25, -0.2) is 0 Å². The lowest BCUT2D eigenvalue weighted by Crippen LogP contribution is -2.66. The predicted octanol–water partition coefficient (Wildman–Crippen LogP) is 4.74. The monoisotopic (exact) mass is 577 g/mol. The van der Waals surface area contributed by atoms with E-state index in [-0.39, 0.29) is 16.9 Å². The lowest BCUT2D eigenvalue weighted by molar-refractivity contribution is -0.149. The quantitative estimate of drug-likeness (QED) is 0.409. The van der Waals surface area contributed by atoms with Gasteiger partial charge in [-0.2, -0.15) is 10.2 Å². The number of benzene rings is 1. The molecule has 2 aliphatic heterocycles. The molecule has 1 amide bonds. The number of hydrogen-bond donors (Lipinski definition) is 1. The summed E-state index contributed by atoms with van der Waals surface area (Å²) in [5.41, 5.74) is 5.65. The third-order valence-corrected chi connectivity index (χ3v) is 10.8. The topological polar surface area (TPSA) is 82.5 Å². The Kier molecular flexibility index (Phi) is 6.48. The van der Waals surface area contributed by atoms with Crippen molar-refractivity contribution in [3.8, 4) is 11.1 Å². The number of aromatic amines is 1. The van der Waals surface area contributed by atoms with Gasteiger partial charge >= 0.3 is 0 Å². The predicted molar refractivity (Wildman–Crippen MR) is 162 cm³/mol. The van der Waals surface area contributed by atoms with Crippen molar-refractivity contribution in [2.24, 2.45) is 5.41 Å². The molecule has 2 saturated carbocycles. The van der Waals surface area contributed by atoms with Gasteiger partial charge in [0.25, 0.3) is 0 Å². The number of fused-ring (bicyclic) bond motifs is 1. The highest BCUT2D eigenvalue weighted by atomic mass is 35.5. The van der Waals surface area contributed by atoms with E-state index in [2.05, 4.69) is 51.2 Å². The molecule has 4 fully saturated rings. The van der Waals surface area contributed by atoms with Crippen LogP contribution < -0.4 is 4.90 Å². The fourth-order valence-electron chi connectivity index (χ4n) is 8.02. The van der Waals surface area contributed by atoms with Crippen LogP contribution in [-0.4, -0.2) is 94.2 Å². The minimum atomic E-state index is 0.0348. The summed E-state index contributed by atoms with van der Waals surface area (Å²) in [5, 5.41) is 14.8. The van der Waals surface area contributed by atoms with E-state index in [0.29, 0.717) is 6.04 Å². The molecule has 1 N–H and O–H groups in total. The number of carbonyl (C=O) groups excluding carboxylic acids is 1. The summed E-state index contributed by atoms with van der Waals surface area (Å²) in [4.78, 5) is 19.2. The smallest absolute Gasteiger partial charge is 0.245 e. The van der Waals surface area contributed by atoms with Crippen molar-refractivity contribution in [1.82, 2.24) is 29.8 Å². The van der Waals surface area contributed by atoms with Crippen LogP contribution in [-0.2, 0) is 9.53 Å². The molecular formula is C31H40ClN7O2. The van der Waals surface area contributed by atoms with Gasteiger partial charge in [0.05, 0.1) is 34.9 Å². The van der Waals surface area contributed by atoms with Gasteiger partial charge < -0.3 is 14.5 Å². The molecule has 10 heteroatoms. The van der Waals surface area contributed by atoms with Crippen LogP contribution in [0.3, 0.4) is 0 Å². The van der Waals surface area contributed by atoms with Gasteiger partial charge in [0.2, 0.25) is 5.91 Å². The largest absolute Gasteiger partial charge is 0.383 e. The highest BCUT2D eigenvalue weighted by Crippen LogP contribution is 2.56. The summed E-state index contributed by atoms with van der Waals surface area (Å²) in [5.74, 6) is 1.09. The Morgan fingerprint density at radius 1 is 1.22 bits per heavy atom. The van der Waals surface area contributed by atoms with Gasteiger partial charge in [-0.15, -0.1) is 0 Å². The van der Waals surface area contributed by atoms with Crippen LogP contribution >= 0.6 is 11.6 Å². The Balaban J connectivity index is 1.29. The highest BCUT2D eigenvalue weighted by Gasteiger charge is 2.55. The van der Waals surface area contributed by atoms with Gasteiger partial charge in [0.15, 0.2) is 5.82 Å². The maximum Gasteiger partial charge on any atom is 0.245 e. The second-order valence-electron chi connectivity index (χ2n) is 12.9. The van der Waals surface area contributed by atoms with E-state index in [0.717, 1.165) is 103 Å². The number of rotatable bonds is 7. The van der Waals surface area contributed by atoms with Gasteiger partial charge in [0.1, 0.15) is 0 Å². The fraction of sp³-hybridized carbons (Fsp3) is 0.581. The number of nitrogens with zero attached hydrogens (tertiary/aromatic N) is 6. The van der Waals surface area contributed by atoms with E-state index in [1.807, 2.05) is 11.1 Å². The maximum atomic E-state index is 12.1. The van der Waals surface area contributed by atoms with Crippen LogP contribution in [0.5, 0.6) is 0 Å². The normalized spacial score (nSPS) is 21.8. The summed E-state index contributed by atoms with van der Waals surface area (Å²) in [6, 6.07) is 2.39. The molecule has 2 aliphatic carbocycles. The Morgan fingerprint density at radius 3 is 2.68 bits per heavy atom. The van der Waals surface area contributed by atoms with Gasteiger partial charge in [-0.05, 0) is 63.7 Å². The number of methoxy groups -OCH3 is 1. The lowest BCUT2D eigenvalue weighted by atomic mass is 9.60. The first-order valence-electron chi connectivity index (χ1n) is 14.9. The van der Waals surface area contributed by atoms with Gasteiger partial charge in [0, 0.05) is 74.0 Å². The highest BCUT2D eigenvalue weighted by molar-refractivity contribution is 6.36. The number of carbonyl (C=O) groups is 1. The van der Waals surface area contributed by atoms with E-state index >= 15 is 0 Å². The molecule has 0 radical (unpaired) electrons. The minimum absolute atomic E-state index is 0.0348. The van der Waals surface area contributed by atoms with Crippen LogP contribution in [0.4, 0.5) is 5.82 Å². The third kappa shape index (κ3) is 4.14. The molecule has 4 aliphatic rings. The maximum absolute atomic E-state index is 12.1. The number of piperazine rings is 1. The minimum Gasteiger partial charge on any atom is -0.383 e. The summed E-state index contributed by atoms with van der Waals surface area (Å²) in [7, 11) is 1.78.